The summed E-state index contributed by atoms with van der Waals surface area (Å²) in [4.78, 5) is 0. The van der Waals surface area contributed by atoms with Crippen molar-refractivity contribution in [3.63, 3.8) is 0 Å². The quantitative estimate of drug-likeness (QED) is 0.297. The number of benzene rings is 1. The Bertz CT molecular complexity index is 913. The maximum Gasteiger partial charge on any atom is 0.209 e. The molecule has 2 heterocycles. The standard InChI is InChI=1S/C13H11ClFN7O2S/c1-25-13-16-20-21-22(13)6-11-12(19-24-18-11)10(17-23)5-7-2-3-9(15)8(14)4-7/h2-4,23H,5-6H2,1H3. The zero-order valence-electron chi connectivity index (χ0n) is 12.8. The van der Waals surface area contributed by atoms with Gasteiger partial charge in [0.2, 0.25) is 5.16 Å². The van der Waals surface area contributed by atoms with Crippen LogP contribution >= 0.6 is 23.4 Å². The molecule has 0 saturated carbocycles. The first-order valence-corrected chi connectivity index (χ1v) is 8.49. The third-order valence-corrected chi connectivity index (χ3v) is 4.23. The molecule has 0 aliphatic heterocycles. The van der Waals surface area contributed by atoms with Gasteiger partial charge in [-0.1, -0.05) is 39.7 Å². The summed E-state index contributed by atoms with van der Waals surface area (Å²) in [5.74, 6) is -0.528. The first-order chi connectivity index (χ1) is 12.1. The van der Waals surface area contributed by atoms with Gasteiger partial charge in [-0.25, -0.2) is 13.7 Å². The largest absolute Gasteiger partial charge is 0.411 e. The van der Waals surface area contributed by atoms with Crippen LogP contribution in [0.15, 0.2) is 33.1 Å². The number of nitrogens with zero attached hydrogens (tertiary/aromatic N) is 7. The normalized spacial score (nSPS) is 11.9. The van der Waals surface area contributed by atoms with Crippen LogP contribution in [0, 0.1) is 5.82 Å². The van der Waals surface area contributed by atoms with E-state index in [9.17, 15) is 9.60 Å². The second-order valence-electron chi connectivity index (χ2n) is 4.85. The van der Waals surface area contributed by atoms with Crippen LogP contribution in [0.5, 0.6) is 0 Å². The van der Waals surface area contributed by atoms with Crippen molar-refractivity contribution < 1.29 is 14.2 Å². The number of thioether (sulfide) groups is 1. The lowest BCUT2D eigenvalue weighted by Gasteiger charge is -2.05. The van der Waals surface area contributed by atoms with Gasteiger partial charge in [-0.2, -0.15) is 0 Å². The number of halogens is 2. The van der Waals surface area contributed by atoms with Gasteiger partial charge in [-0.3, -0.25) is 0 Å². The van der Waals surface area contributed by atoms with E-state index in [1.165, 1.54) is 34.6 Å². The van der Waals surface area contributed by atoms with Crippen molar-refractivity contribution in [1.82, 2.24) is 30.5 Å². The van der Waals surface area contributed by atoms with Gasteiger partial charge in [0.15, 0.2) is 5.69 Å². The second-order valence-corrected chi connectivity index (χ2v) is 6.04. The molecule has 3 rings (SSSR count). The Kier molecular flexibility index (Phi) is 5.24. The molecule has 0 saturated heterocycles. The van der Waals surface area contributed by atoms with Crippen LogP contribution in [0.2, 0.25) is 5.02 Å². The highest BCUT2D eigenvalue weighted by molar-refractivity contribution is 7.98. The summed E-state index contributed by atoms with van der Waals surface area (Å²) >= 11 is 7.14. The molecule has 1 aromatic carbocycles. The minimum Gasteiger partial charge on any atom is -0.411 e. The molecule has 3 aromatic rings. The Morgan fingerprint density at radius 3 is 3.00 bits per heavy atom. The molecule has 0 aliphatic rings. The Balaban J connectivity index is 1.85. The molecule has 130 valence electrons. The van der Waals surface area contributed by atoms with E-state index in [0.717, 1.165) is 0 Å². The SMILES string of the molecule is CSc1nnnn1Cc1nonc1C(Cc1ccc(F)c(Cl)c1)=NO. The van der Waals surface area contributed by atoms with Crippen molar-refractivity contribution in [2.75, 3.05) is 6.26 Å². The zero-order valence-corrected chi connectivity index (χ0v) is 14.4. The molecule has 0 fully saturated rings. The molecule has 0 radical (unpaired) electrons. The molecule has 0 atom stereocenters. The molecule has 25 heavy (non-hydrogen) atoms. The third kappa shape index (κ3) is 3.77. The van der Waals surface area contributed by atoms with Gasteiger partial charge in [0.25, 0.3) is 0 Å². The molecule has 0 bridgehead atoms. The topological polar surface area (TPSA) is 115 Å². The van der Waals surface area contributed by atoms with Crippen molar-refractivity contribution in [3.05, 3.63) is 46.0 Å². The second kappa shape index (κ2) is 7.57. The predicted octanol–water partition coefficient (Wildman–Crippen LogP) is 2.04. The highest BCUT2D eigenvalue weighted by Crippen LogP contribution is 2.19. The van der Waals surface area contributed by atoms with Gasteiger partial charge in [-0.05, 0) is 39.5 Å². The first kappa shape index (κ1) is 17.3. The number of tetrazole rings is 1. The highest BCUT2D eigenvalue weighted by Gasteiger charge is 2.20. The van der Waals surface area contributed by atoms with Gasteiger partial charge >= 0.3 is 0 Å². The van der Waals surface area contributed by atoms with Crippen molar-refractivity contribution >= 4 is 29.1 Å². The number of hydrogen-bond acceptors (Lipinski definition) is 9. The Labute approximate surface area is 149 Å². The summed E-state index contributed by atoms with van der Waals surface area (Å²) < 4.78 is 19.5. The van der Waals surface area contributed by atoms with Crippen LogP contribution < -0.4 is 0 Å². The van der Waals surface area contributed by atoms with Gasteiger partial charge in [0.05, 0.1) is 11.6 Å². The number of hydrogen-bond donors (Lipinski definition) is 1. The summed E-state index contributed by atoms with van der Waals surface area (Å²) in [6.45, 7) is 0.186. The van der Waals surface area contributed by atoms with Crippen molar-refractivity contribution in [1.29, 1.82) is 0 Å². The molecule has 0 spiro atoms. The molecule has 12 heteroatoms. The number of oxime groups is 1. The van der Waals surface area contributed by atoms with Crippen LogP contribution in [0.25, 0.3) is 0 Å². The molecule has 0 aliphatic carbocycles. The van der Waals surface area contributed by atoms with Gasteiger partial charge in [0, 0.05) is 6.42 Å². The lowest BCUT2D eigenvalue weighted by atomic mass is 10.1. The highest BCUT2D eigenvalue weighted by atomic mass is 35.5. The fourth-order valence-electron chi connectivity index (χ4n) is 2.12. The monoisotopic (exact) mass is 383 g/mol. The van der Waals surface area contributed by atoms with Crippen molar-refractivity contribution in [2.45, 2.75) is 18.1 Å². The van der Waals surface area contributed by atoms with Crippen LogP contribution in [0.4, 0.5) is 4.39 Å². The molecule has 2 aromatic heterocycles. The summed E-state index contributed by atoms with van der Waals surface area (Å²) in [7, 11) is 0. The predicted molar refractivity (Wildman–Crippen MR) is 86.4 cm³/mol. The Hall–Kier alpha value is -2.53. The molecule has 0 amide bonds. The number of rotatable bonds is 6. The maximum absolute atomic E-state index is 13.3. The smallest absolute Gasteiger partial charge is 0.209 e. The molecule has 0 unspecified atom stereocenters. The minimum atomic E-state index is -0.528. The van der Waals surface area contributed by atoms with E-state index in [2.05, 4.69) is 31.0 Å². The average molecular weight is 384 g/mol. The maximum atomic E-state index is 13.3. The van der Waals surface area contributed by atoms with E-state index < -0.39 is 5.82 Å². The Morgan fingerprint density at radius 1 is 1.44 bits per heavy atom. The van der Waals surface area contributed by atoms with Crippen LogP contribution in [-0.2, 0) is 13.0 Å². The number of aromatic nitrogens is 6. The van der Waals surface area contributed by atoms with Crippen molar-refractivity contribution in [2.24, 2.45) is 5.16 Å². The molecule has 9 nitrogen and oxygen atoms in total. The van der Waals surface area contributed by atoms with Crippen molar-refractivity contribution in [3.8, 4) is 0 Å². The van der Waals surface area contributed by atoms with Crippen LogP contribution in [0.1, 0.15) is 17.0 Å². The van der Waals surface area contributed by atoms with E-state index >= 15 is 0 Å². The molecular weight excluding hydrogens is 373 g/mol. The van der Waals surface area contributed by atoms with E-state index in [1.54, 1.807) is 0 Å². The van der Waals surface area contributed by atoms with E-state index in [4.69, 9.17) is 16.2 Å². The van der Waals surface area contributed by atoms with Gasteiger partial charge < -0.3 is 5.21 Å². The summed E-state index contributed by atoms with van der Waals surface area (Å²) in [6.07, 6.45) is 1.99. The van der Waals surface area contributed by atoms with Crippen LogP contribution in [0.3, 0.4) is 0 Å². The fourth-order valence-corrected chi connectivity index (χ4v) is 2.76. The van der Waals surface area contributed by atoms with Crippen LogP contribution in [-0.4, -0.2) is 47.7 Å². The Morgan fingerprint density at radius 2 is 2.28 bits per heavy atom. The summed E-state index contributed by atoms with van der Waals surface area (Å²) in [5.41, 5.74) is 1.48. The third-order valence-electron chi connectivity index (χ3n) is 3.29. The average Bonchev–Trinajstić information content (AvgIpc) is 3.25. The van der Waals surface area contributed by atoms with E-state index in [-0.39, 0.29) is 29.4 Å². The fraction of sp³-hybridized carbons (Fsp3) is 0.231. The summed E-state index contributed by atoms with van der Waals surface area (Å²) in [5, 5.41) is 32.1. The molecule has 1 N–H and O–H groups in total. The lowest BCUT2D eigenvalue weighted by molar-refractivity contribution is 0.299. The minimum absolute atomic E-state index is 0.0217. The molecular formula is C13H11ClFN7O2S. The van der Waals surface area contributed by atoms with Gasteiger partial charge in [0.1, 0.15) is 17.2 Å². The van der Waals surface area contributed by atoms with Gasteiger partial charge in [-0.15, -0.1) is 5.10 Å². The first-order valence-electron chi connectivity index (χ1n) is 6.89. The summed E-state index contributed by atoms with van der Waals surface area (Å²) in [6, 6.07) is 4.22. The van der Waals surface area contributed by atoms with E-state index in [1.807, 2.05) is 6.26 Å². The zero-order chi connectivity index (χ0) is 17.8. The lowest BCUT2D eigenvalue weighted by Crippen LogP contribution is -2.12. The van der Waals surface area contributed by atoms with E-state index in [0.29, 0.717) is 16.4 Å².